The van der Waals surface area contributed by atoms with Crippen molar-refractivity contribution in [3.8, 4) is 17.2 Å². The van der Waals surface area contributed by atoms with Crippen molar-refractivity contribution in [1.29, 1.82) is 0 Å². The van der Waals surface area contributed by atoms with Crippen molar-refractivity contribution in [2.75, 3.05) is 6.54 Å². The Balaban J connectivity index is 2.09. The highest BCUT2D eigenvalue weighted by Gasteiger charge is 2.23. The van der Waals surface area contributed by atoms with Crippen LogP contribution < -0.4 is 19.5 Å². The molecule has 12 heteroatoms. The number of carbonyl (C=O) groups excluding carboxylic acids is 3. The molecule has 0 aliphatic rings. The number of carboxylic acid groups (broad SMARTS) is 1. The van der Waals surface area contributed by atoms with E-state index in [4.69, 9.17) is 28.4 Å². The molecule has 2 aromatic carbocycles. The number of rotatable bonds is 14. The summed E-state index contributed by atoms with van der Waals surface area (Å²) in [6.45, 7) is 8.64. The minimum Gasteiger partial charge on any atom is -0.480 e. The zero-order valence-electron chi connectivity index (χ0n) is 23.8. The van der Waals surface area contributed by atoms with E-state index >= 15 is 0 Å². The number of carbonyl (C=O) groups is 4. The normalized spacial score (nSPS) is 13.6. The van der Waals surface area contributed by atoms with Gasteiger partial charge in [0.1, 0.15) is 30.1 Å². The first-order chi connectivity index (χ1) is 19.5. The highest BCUT2D eigenvalue weighted by molar-refractivity contribution is 5.74. The summed E-state index contributed by atoms with van der Waals surface area (Å²) < 4.78 is 31.0. The van der Waals surface area contributed by atoms with Crippen LogP contribution in [-0.2, 0) is 25.4 Å². The number of ether oxygens (including phenoxy) is 6. The van der Waals surface area contributed by atoms with E-state index in [1.807, 2.05) is 13.8 Å². The van der Waals surface area contributed by atoms with Gasteiger partial charge in [-0.05, 0) is 69.9 Å². The minimum atomic E-state index is -1.17. The third-order valence-electron chi connectivity index (χ3n) is 5.77. The summed E-state index contributed by atoms with van der Waals surface area (Å²) in [6, 6.07) is 11.5. The number of hydrogen-bond donors (Lipinski definition) is 2. The first-order valence-electron chi connectivity index (χ1n) is 13.3. The van der Waals surface area contributed by atoms with Crippen molar-refractivity contribution in [1.82, 2.24) is 5.32 Å². The molecule has 2 aromatic rings. The fourth-order valence-electron chi connectivity index (χ4n) is 3.17. The van der Waals surface area contributed by atoms with Crippen molar-refractivity contribution in [3.63, 3.8) is 0 Å². The molecule has 0 spiro atoms. The van der Waals surface area contributed by atoms with Crippen molar-refractivity contribution < 1.29 is 52.7 Å². The molecule has 0 saturated carbocycles. The summed E-state index contributed by atoms with van der Waals surface area (Å²) in [5.74, 6) is -1.11. The van der Waals surface area contributed by atoms with Gasteiger partial charge in [0, 0.05) is 6.54 Å². The Bertz CT molecular complexity index is 1150. The molecule has 0 heterocycles. The highest BCUT2D eigenvalue weighted by Crippen LogP contribution is 2.30. The molecule has 4 atom stereocenters. The second kappa shape index (κ2) is 16.7. The first-order valence-corrected chi connectivity index (χ1v) is 13.3. The molecule has 2 N–H and O–H groups in total. The lowest BCUT2D eigenvalue weighted by Crippen LogP contribution is -2.42. The zero-order chi connectivity index (χ0) is 30.4. The van der Waals surface area contributed by atoms with Crippen LogP contribution in [0.25, 0.3) is 0 Å². The Hall–Kier alpha value is -4.32. The number of hydrogen-bond acceptors (Lipinski definition) is 11. The van der Waals surface area contributed by atoms with Crippen LogP contribution in [-0.4, -0.2) is 60.4 Å². The maximum atomic E-state index is 12.3. The Morgan fingerprint density at radius 2 is 1.27 bits per heavy atom. The zero-order valence-corrected chi connectivity index (χ0v) is 23.8. The summed E-state index contributed by atoms with van der Waals surface area (Å²) in [7, 11) is 0. The molecule has 0 radical (unpaired) electrons. The average molecular weight is 576 g/mol. The van der Waals surface area contributed by atoms with Crippen LogP contribution in [0.1, 0.15) is 53.0 Å². The van der Waals surface area contributed by atoms with Crippen molar-refractivity contribution in [2.24, 2.45) is 0 Å². The Morgan fingerprint density at radius 1 is 0.732 bits per heavy atom. The summed E-state index contributed by atoms with van der Waals surface area (Å²) in [5.41, 5.74) is 0.441. The monoisotopic (exact) mass is 575 g/mol. The maximum Gasteiger partial charge on any atom is 0.514 e. The van der Waals surface area contributed by atoms with Crippen LogP contribution >= 0.6 is 0 Å². The van der Waals surface area contributed by atoms with E-state index in [2.05, 4.69) is 5.32 Å². The Kier molecular flexibility index (Phi) is 13.4. The van der Waals surface area contributed by atoms with Crippen LogP contribution in [0.5, 0.6) is 17.2 Å². The molecule has 0 aliphatic heterocycles. The van der Waals surface area contributed by atoms with Crippen molar-refractivity contribution in [2.45, 2.75) is 78.2 Å². The summed E-state index contributed by atoms with van der Waals surface area (Å²) >= 11 is 0. The third-order valence-corrected chi connectivity index (χ3v) is 5.77. The lowest BCUT2D eigenvalue weighted by atomic mass is 10.0. The second-order valence-corrected chi connectivity index (χ2v) is 9.26. The van der Waals surface area contributed by atoms with Gasteiger partial charge in [-0.2, -0.15) is 0 Å². The van der Waals surface area contributed by atoms with E-state index in [0.29, 0.717) is 24.2 Å². The molecular weight excluding hydrogens is 538 g/mol. The van der Waals surface area contributed by atoms with Gasteiger partial charge in [0.25, 0.3) is 0 Å². The molecule has 41 heavy (non-hydrogen) atoms. The molecule has 0 bridgehead atoms. The molecule has 0 aromatic heterocycles. The molecule has 0 amide bonds. The van der Waals surface area contributed by atoms with E-state index in [0.717, 1.165) is 0 Å². The largest absolute Gasteiger partial charge is 0.514 e. The maximum absolute atomic E-state index is 12.3. The lowest BCUT2D eigenvalue weighted by Gasteiger charge is -2.19. The van der Waals surface area contributed by atoms with E-state index < -0.39 is 48.8 Å². The summed E-state index contributed by atoms with van der Waals surface area (Å²) in [6.07, 6.45) is -3.38. The predicted molar refractivity (Wildman–Crippen MR) is 146 cm³/mol. The second-order valence-electron chi connectivity index (χ2n) is 9.26. The number of benzene rings is 2. The van der Waals surface area contributed by atoms with Gasteiger partial charge in [-0.3, -0.25) is 4.79 Å². The number of para-hydroxylation sites is 1. The van der Waals surface area contributed by atoms with Crippen LogP contribution in [0.3, 0.4) is 0 Å². The fourth-order valence-corrected chi connectivity index (χ4v) is 3.17. The third kappa shape index (κ3) is 12.2. The van der Waals surface area contributed by atoms with Gasteiger partial charge in [0.2, 0.25) is 0 Å². The van der Waals surface area contributed by atoms with Gasteiger partial charge in [-0.25, -0.2) is 14.4 Å². The van der Waals surface area contributed by atoms with Gasteiger partial charge in [0.05, 0.1) is 0 Å². The first kappa shape index (κ1) is 32.9. The molecular formula is C29H37NO11. The molecule has 0 saturated heterocycles. The molecule has 224 valence electrons. The Labute approximate surface area is 238 Å². The Morgan fingerprint density at radius 3 is 1.83 bits per heavy atom. The molecule has 0 aliphatic carbocycles. The molecule has 3 unspecified atom stereocenters. The number of aliphatic carboxylic acids is 1. The summed E-state index contributed by atoms with van der Waals surface area (Å²) in [4.78, 5) is 48.4. The van der Waals surface area contributed by atoms with Crippen LogP contribution in [0.4, 0.5) is 14.4 Å². The van der Waals surface area contributed by atoms with Crippen LogP contribution in [0, 0.1) is 0 Å². The standard InChI is InChI=1S/C29H37NO11/c1-6-18(3)36-28(34)40-24-14-13-21(16-25(24)41-29(35)37-19(4)7-2)15-23(26(31)32)30-17-20(5)38-27(33)39-22-11-9-8-10-12-22/h8-14,16,18-20,23,30H,6-7,15,17H2,1-5H3,(H,31,32)/t18?,19?,20?,23-/m0/s1. The van der Waals surface area contributed by atoms with Gasteiger partial charge in [-0.15, -0.1) is 0 Å². The fraction of sp³-hybridized carbons (Fsp3) is 0.448. The number of nitrogens with one attached hydrogen (secondary N) is 1. The minimum absolute atomic E-state index is 0.00803. The van der Waals surface area contributed by atoms with Crippen molar-refractivity contribution >= 4 is 24.4 Å². The molecule has 2 rings (SSSR count). The average Bonchev–Trinajstić information content (AvgIpc) is 2.92. The SMILES string of the molecule is CCC(C)OC(=O)Oc1ccc(C[C@H](NCC(C)OC(=O)Oc2ccccc2)C(=O)O)cc1OC(=O)OC(C)CC. The molecule has 12 nitrogen and oxygen atoms in total. The van der Waals surface area contributed by atoms with Crippen LogP contribution in [0.2, 0.25) is 0 Å². The van der Waals surface area contributed by atoms with Crippen LogP contribution in [0.15, 0.2) is 48.5 Å². The smallest absolute Gasteiger partial charge is 0.480 e. The van der Waals surface area contributed by atoms with Crippen molar-refractivity contribution in [3.05, 3.63) is 54.1 Å². The topological polar surface area (TPSA) is 156 Å². The lowest BCUT2D eigenvalue weighted by molar-refractivity contribution is -0.139. The van der Waals surface area contributed by atoms with E-state index in [9.17, 15) is 24.3 Å². The van der Waals surface area contributed by atoms with Gasteiger partial charge in [-0.1, -0.05) is 38.1 Å². The van der Waals surface area contributed by atoms with E-state index in [1.165, 1.54) is 18.2 Å². The van der Waals surface area contributed by atoms with Gasteiger partial charge >= 0.3 is 24.4 Å². The van der Waals surface area contributed by atoms with Gasteiger partial charge in [0.15, 0.2) is 11.5 Å². The highest BCUT2D eigenvalue weighted by atomic mass is 16.8. The van der Waals surface area contributed by atoms with Gasteiger partial charge < -0.3 is 38.8 Å². The number of carboxylic acids is 1. The quantitative estimate of drug-likeness (QED) is 0.166. The predicted octanol–water partition coefficient (Wildman–Crippen LogP) is 5.50. The summed E-state index contributed by atoms with van der Waals surface area (Å²) in [5, 5.41) is 12.6. The van der Waals surface area contributed by atoms with E-state index in [-0.39, 0.29) is 24.5 Å². The molecule has 0 fully saturated rings. The van der Waals surface area contributed by atoms with E-state index in [1.54, 1.807) is 51.1 Å².